The Bertz CT molecular complexity index is 393. The molecule has 0 aromatic carbocycles. The largest absolute Gasteiger partial charge is 0.416 e. The molecule has 0 saturated heterocycles. The number of nitrogens with one attached hydrogen (secondary N) is 1. The average molecular weight is 242 g/mol. The molecule has 1 aromatic rings. The van der Waals surface area contributed by atoms with Crippen LogP contribution in [0.15, 0.2) is 18.3 Å². The molecule has 2 nitrogen and oxygen atoms in total. The topological polar surface area (TPSA) is 24.9 Å². The number of aromatic nitrogens is 1. The van der Waals surface area contributed by atoms with Gasteiger partial charge in [0.15, 0.2) is 0 Å². The normalized spacial score (nSPS) is 10.9. The third-order valence-corrected chi connectivity index (χ3v) is 2.14. The first-order valence-corrected chi connectivity index (χ1v) is 5.24. The molecule has 1 heterocycles. The highest BCUT2D eigenvalue weighted by Gasteiger charge is 2.30. The molecule has 0 aliphatic heterocycles. The average Bonchev–Trinajstić information content (AvgIpc) is 2.28. The van der Waals surface area contributed by atoms with E-state index in [1.807, 2.05) is 0 Å². The van der Waals surface area contributed by atoms with E-state index in [1.165, 1.54) is 0 Å². The van der Waals surface area contributed by atoms with E-state index in [4.69, 9.17) is 6.42 Å². The maximum atomic E-state index is 12.4. The SMILES string of the molecule is C#CCCCCNc1cc(C(F)(F)F)ccn1. The zero-order valence-corrected chi connectivity index (χ0v) is 9.22. The minimum Gasteiger partial charge on any atom is -0.370 e. The molecular weight excluding hydrogens is 229 g/mol. The van der Waals surface area contributed by atoms with Gasteiger partial charge in [0.05, 0.1) is 5.56 Å². The molecule has 0 spiro atoms. The number of terminal acetylenes is 1. The Kier molecular flexibility index (Phi) is 4.83. The van der Waals surface area contributed by atoms with Crippen molar-refractivity contribution < 1.29 is 13.2 Å². The summed E-state index contributed by atoms with van der Waals surface area (Å²) in [5.41, 5.74) is -0.696. The second-order valence-corrected chi connectivity index (χ2v) is 3.52. The Hall–Kier alpha value is -1.70. The summed E-state index contributed by atoms with van der Waals surface area (Å²) >= 11 is 0. The molecule has 0 aliphatic rings. The standard InChI is InChI=1S/C12H13F3N2/c1-2-3-4-5-7-16-11-9-10(6-8-17-11)12(13,14)15/h1,6,8-9H,3-5,7H2,(H,16,17). The number of pyridine rings is 1. The smallest absolute Gasteiger partial charge is 0.370 e. The molecular formula is C12H13F3N2. The van der Waals surface area contributed by atoms with Gasteiger partial charge in [0.1, 0.15) is 5.82 Å². The van der Waals surface area contributed by atoms with Crippen LogP contribution in [-0.4, -0.2) is 11.5 Å². The van der Waals surface area contributed by atoms with Crippen molar-refractivity contribution in [1.82, 2.24) is 4.98 Å². The first-order valence-electron chi connectivity index (χ1n) is 5.24. The van der Waals surface area contributed by atoms with E-state index in [9.17, 15) is 13.2 Å². The molecule has 0 fully saturated rings. The molecule has 0 atom stereocenters. The fourth-order valence-electron chi connectivity index (χ4n) is 1.27. The van der Waals surface area contributed by atoms with Crippen molar-refractivity contribution in [3.05, 3.63) is 23.9 Å². The molecule has 0 aliphatic carbocycles. The lowest BCUT2D eigenvalue weighted by atomic mass is 10.2. The van der Waals surface area contributed by atoms with Gasteiger partial charge in [0.2, 0.25) is 0 Å². The lowest BCUT2D eigenvalue weighted by molar-refractivity contribution is -0.137. The molecule has 0 unspecified atom stereocenters. The van der Waals surface area contributed by atoms with Gasteiger partial charge in [-0.25, -0.2) is 4.98 Å². The molecule has 0 amide bonds. The lowest BCUT2D eigenvalue weighted by Crippen LogP contribution is -2.08. The molecule has 1 aromatic heterocycles. The summed E-state index contributed by atoms with van der Waals surface area (Å²) in [5, 5.41) is 2.84. The Morgan fingerprint density at radius 1 is 1.35 bits per heavy atom. The molecule has 5 heteroatoms. The fourth-order valence-corrected chi connectivity index (χ4v) is 1.27. The maximum absolute atomic E-state index is 12.4. The van der Waals surface area contributed by atoms with Gasteiger partial charge < -0.3 is 5.32 Å². The number of alkyl halides is 3. The van der Waals surface area contributed by atoms with Crippen molar-refractivity contribution >= 4 is 5.82 Å². The van der Waals surface area contributed by atoms with E-state index in [1.54, 1.807) is 0 Å². The second-order valence-electron chi connectivity index (χ2n) is 3.52. The van der Waals surface area contributed by atoms with Gasteiger partial charge in [-0.2, -0.15) is 13.2 Å². The van der Waals surface area contributed by atoms with E-state index in [2.05, 4.69) is 16.2 Å². The van der Waals surface area contributed by atoms with Gasteiger partial charge in [0.25, 0.3) is 0 Å². The van der Waals surface area contributed by atoms with Crippen LogP contribution in [0.4, 0.5) is 19.0 Å². The molecule has 92 valence electrons. The molecule has 0 radical (unpaired) electrons. The summed E-state index contributed by atoms with van der Waals surface area (Å²) in [7, 11) is 0. The Morgan fingerprint density at radius 3 is 2.76 bits per heavy atom. The van der Waals surface area contributed by atoms with E-state index in [0.717, 1.165) is 31.2 Å². The monoisotopic (exact) mass is 242 g/mol. The van der Waals surface area contributed by atoms with Crippen molar-refractivity contribution in [3.63, 3.8) is 0 Å². The van der Waals surface area contributed by atoms with Gasteiger partial charge in [0, 0.05) is 19.2 Å². The number of nitrogens with zero attached hydrogens (tertiary/aromatic N) is 1. The zero-order valence-electron chi connectivity index (χ0n) is 9.22. The number of rotatable bonds is 5. The highest BCUT2D eigenvalue weighted by atomic mass is 19.4. The first kappa shape index (κ1) is 13.4. The predicted molar refractivity (Wildman–Crippen MR) is 60.4 cm³/mol. The molecule has 0 bridgehead atoms. The van der Waals surface area contributed by atoms with Gasteiger partial charge in [-0.1, -0.05) is 0 Å². The summed E-state index contributed by atoms with van der Waals surface area (Å²) in [6, 6.07) is 1.95. The highest BCUT2D eigenvalue weighted by Crippen LogP contribution is 2.29. The van der Waals surface area contributed by atoms with Crippen molar-refractivity contribution in [2.45, 2.75) is 25.4 Å². The van der Waals surface area contributed by atoms with E-state index >= 15 is 0 Å². The summed E-state index contributed by atoms with van der Waals surface area (Å²) in [4.78, 5) is 3.82. The van der Waals surface area contributed by atoms with Crippen molar-refractivity contribution in [2.24, 2.45) is 0 Å². The lowest BCUT2D eigenvalue weighted by Gasteiger charge is -2.09. The van der Waals surface area contributed by atoms with Crippen LogP contribution < -0.4 is 5.32 Å². The van der Waals surface area contributed by atoms with Crippen LogP contribution >= 0.6 is 0 Å². The Morgan fingerprint density at radius 2 is 2.12 bits per heavy atom. The van der Waals surface area contributed by atoms with Crippen LogP contribution in [0.1, 0.15) is 24.8 Å². The van der Waals surface area contributed by atoms with Crippen LogP contribution in [0.2, 0.25) is 0 Å². The van der Waals surface area contributed by atoms with E-state index in [-0.39, 0.29) is 5.82 Å². The Balaban J connectivity index is 2.47. The predicted octanol–water partition coefficient (Wildman–Crippen LogP) is 3.32. The summed E-state index contributed by atoms with van der Waals surface area (Å²) in [6.45, 7) is 0.565. The van der Waals surface area contributed by atoms with Crippen molar-refractivity contribution in [3.8, 4) is 12.3 Å². The van der Waals surface area contributed by atoms with Gasteiger partial charge >= 0.3 is 6.18 Å². The Labute approximate surface area is 98.3 Å². The van der Waals surface area contributed by atoms with Gasteiger partial charge in [-0.05, 0) is 25.0 Å². The molecule has 17 heavy (non-hydrogen) atoms. The third-order valence-electron chi connectivity index (χ3n) is 2.14. The number of hydrogen-bond acceptors (Lipinski definition) is 2. The van der Waals surface area contributed by atoms with Crippen LogP contribution in [0.5, 0.6) is 0 Å². The summed E-state index contributed by atoms with van der Waals surface area (Å²) < 4.78 is 37.1. The number of halogens is 3. The highest BCUT2D eigenvalue weighted by molar-refractivity contribution is 5.38. The minimum atomic E-state index is -4.33. The molecule has 1 N–H and O–H groups in total. The van der Waals surface area contributed by atoms with Crippen LogP contribution in [-0.2, 0) is 6.18 Å². The van der Waals surface area contributed by atoms with Crippen LogP contribution in [0.25, 0.3) is 0 Å². The molecule has 0 saturated carbocycles. The number of unbranched alkanes of at least 4 members (excludes halogenated alkanes) is 2. The quantitative estimate of drug-likeness (QED) is 0.633. The zero-order chi connectivity index (χ0) is 12.7. The van der Waals surface area contributed by atoms with Crippen molar-refractivity contribution in [1.29, 1.82) is 0 Å². The third kappa shape index (κ3) is 4.77. The van der Waals surface area contributed by atoms with Crippen LogP contribution in [0.3, 0.4) is 0 Å². The first-order chi connectivity index (χ1) is 8.04. The summed E-state index contributed by atoms with van der Waals surface area (Å²) in [6.07, 6.45) is 4.23. The minimum absolute atomic E-state index is 0.237. The number of anilines is 1. The van der Waals surface area contributed by atoms with Crippen molar-refractivity contribution in [2.75, 3.05) is 11.9 Å². The van der Waals surface area contributed by atoms with E-state index < -0.39 is 11.7 Å². The van der Waals surface area contributed by atoms with E-state index in [0.29, 0.717) is 13.0 Å². The second kappa shape index (κ2) is 6.14. The van der Waals surface area contributed by atoms with Crippen LogP contribution in [0, 0.1) is 12.3 Å². The van der Waals surface area contributed by atoms with Gasteiger partial charge in [-0.15, -0.1) is 12.3 Å². The summed E-state index contributed by atoms with van der Waals surface area (Å²) in [5.74, 6) is 2.74. The molecule has 1 rings (SSSR count). The maximum Gasteiger partial charge on any atom is 0.416 e. The fraction of sp³-hybridized carbons (Fsp3) is 0.417. The number of hydrogen-bond donors (Lipinski definition) is 1. The van der Waals surface area contributed by atoms with Gasteiger partial charge in [-0.3, -0.25) is 0 Å².